The van der Waals surface area contributed by atoms with Crippen molar-refractivity contribution in [3.8, 4) is 11.3 Å². The molecule has 2 aromatic heterocycles. The lowest BCUT2D eigenvalue weighted by atomic mass is 9.73. The molecule has 2 aliphatic carbocycles. The molecule has 2 saturated carbocycles. The van der Waals surface area contributed by atoms with Gasteiger partial charge in [-0.2, -0.15) is 0 Å². The number of likely N-dealkylation sites (tertiary alicyclic amines) is 3. The van der Waals surface area contributed by atoms with Crippen molar-refractivity contribution in [3.05, 3.63) is 36.2 Å². The van der Waals surface area contributed by atoms with Crippen LogP contribution in [0.4, 0.5) is 16.3 Å². The largest absolute Gasteiger partial charge is 0.465 e. The minimum absolute atomic E-state index is 0.0446. The van der Waals surface area contributed by atoms with E-state index in [1.807, 2.05) is 18.3 Å². The van der Waals surface area contributed by atoms with E-state index in [2.05, 4.69) is 62.7 Å². The average molecular weight is 752 g/mol. The first-order valence-corrected chi connectivity index (χ1v) is 20.9. The molecular formula is C42H57N9O4. The maximum atomic E-state index is 15.0. The Morgan fingerprint density at radius 1 is 0.964 bits per heavy atom. The highest BCUT2D eigenvalue weighted by Crippen LogP contribution is 2.52. The van der Waals surface area contributed by atoms with E-state index in [9.17, 15) is 19.5 Å². The van der Waals surface area contributed by atoms with Gasteiger partial charge in [0.15, 0.2) is 5.82 Å². The second-order valence-electron chi connectivity index (χ2n) is 17.5. The molecule has 1 spiro atoms. The number of amides is 3. The third-order valence-corrected chi connectivity index (χ3v) is 13.8. The summed E-state index contributed by atoms with van der Waals surface area (Å²) in [5.41, 5.74) is 5.39. The van der Waals surface area contributed by atoms with Crippen LogP contribution in [0.25, 0.3) is 22.3 Å². The van der Waals surface area contributed by atoms with E-state index in [0.717, 1.165) is 65.0 Å². The third-order valence-electron chi connectivity index (χ3n) is 13.8. The maximum Gasteiger partial charge on any atom is 0.407 e. The Hall–Kier alpha value is -4.23. The van der Waals surface area contributed by atoms with Crippen molar-refractivity contribution in [1.82, 2.24) is 34.1 Å². The van der Waals surface area contributed by atoms with Crippen LogP contribution in [0.5, 0.6) is 0 Å². The zero-order chi connectivity index (χ0) is 38.0. The molecule has 0 bridgehead atoms. The monoisotopic (exact) mass is 751 g/mol. The Kier molecular flexibility index (Phi) is 9.51. The first kappa shape index (κ1) is 36.4. The Labute approximate surface area is 324 Å². The minimum atomic E-state index is -0.894. The highest BCUT2D eigenvalue weighted by molar-refractivity contribution is 6.09. The molecule has 3 amide bonds. The Balaban J connectivity index is 0.973. The van der Waals surface area contributed by atoms with Gasteiger partial charge in [0.1, 0.15) is 5.52 Å². The topological polar surface area (TPSA) is 130 Å². The lowest BCUT2D eigenvalue weighted by molar-refractivity contribution is -0.134. The normalized spacial score (nSPS) is 24.8. The molecule has 9 rings (SSSR count). The fourth-order valence-corrected chi connectivity index (χ4v) is 10.1. The predicted octanol–water partition coefficient (Wildman–Crippen LogP) is 5.55. The summed E-state index contributed by atoms with van der Waals surface area (Å²) in [5.74, 6) is 1.17. The Morgan fingerprint density at radius 3 is 2.36 bits per heavy atom. The van der Waals surface area contributed by atoms with Crippen LogP contribution >= 0.6 is 0 Å². The van der Waals surface area contributed by atoms with Crippen molar-refractivity contribution in [2.45, 2.75) is 120 Å². The molecule has 13 nitrogen and oxygen atoms in total. The molecule has 13 heteroatoms. The molecule has 3 saturated heterocycles. The number of hydrogen-bond acceptors (Lipinski definition) is 8. The summed E-state index contributed by atoms with van der Waals surface area (Å²) in [4.78, 5) is 60.2. The molecule has 2 N–H and O–H groups in total. The molecule has 4 aliphatic heterocycles. The van der Waals surface area contributed by atoms with Gasteiger partial charge < -0.3 is 34.6 Å². The molecular weight excluding hydrogens is 695 g/mol. The van der Waals surface area contributed by atoms with Crippen LogP contribution < -0.4 is 10.2 Å². The van der Waals surface area contributed by atoms with Crippen LogP contribution in [0.15, 0.2) is 30.6 Å². The lowest BCUT2D eigenvalue weighted by Gasteiger charge is -2.48. The van der Waals surface area contributed by atoms with Crippen molar-refractivity contribution < 1.29 is 19.5 Å². The van der Waals surface area contributed by atoms with Gasteiger partial charge in [0.25, 0.3) is 0 Å². The summed E-state index contributed by atoms with van der Waals surface area (Å²) < 4.78 is 2.20. The number of fused-ring (bicyclic) bond motifs is 3. The number of benzene rings is 1. The number of likely N-dealkylation sites (N-methyl/N-ethyl adjacent to an activating group) is 1. The summed E-state index contributed by atoms with van der Waals surface area (Å²) in [6.07, 6.45) is 11.9. The molecule has 6 heterocycles. The maximum absolute atomic E-state index is 15.0. The second-order valence-corrected chi connectivity index (χ2v) is 17.5. The van der Waals surface area contributed by atoms with Crippen molar-refractivity contribution in [3.63, 3.8) is 0 Å². The number of imidazole rings is 1. The molecule has 1 aromatic carbocycles. The number of carboxylic acid groups (broad SMARTS) is 1. The Bertz CT molecular complexity index is 1950. The first-order valence-electron chi connectivity index (χ1n) is 20.9. The molecule has 0 atom stereocenters. The molecule has 5 fully saturated rings. The number of piperidine rings is 3. The van der Waals surface area contributed by atoms with E-state index in [1.165, 1.54) is 37.3 Å². The van der Waals surface area contributed by atoms with Gasteiger partial charge in [-0.1, -0.05) is 18.6 Å². The van der Waals surface area contributed by atoms with E-state index >= 15 is 0 Å². The standard InChI is InChI=1S/C42H57N9O4/c1-27(2)50-26-43-35-24-34(45-39(38(35)50)44-29-8-9-29)28-7-10-33-36(21-28)51(32-22-31(23-32)48-15-5-4-6-16-48)40(53)42(33)13-19-47(20-14-42)25-37(52)46(3)30-11-17-49(18-12-30)41(54)55/h7,10,21,24,26-27,29-32H,4-6,8-9,11-20,22-23,25H2,1-3H3,(H,44,45)(H,54,55)/t31-,32+. The van der Waals surface area contributed by atoms with Gasteiger partial charge in [0, 0.05) is 74.7 Å². The van der Waals surface area contributed by atoms with Gasteiger partial charge in [-0.3, -0.25) is 14.5 Å². The van der Waals surface area contributed by atoms with Gasteiger partial charge >= 0.3 is 6.09 Å². The van der Waals surface area contributed by atoms with Gasteiger partial charge in [-0.15, -0.1) is 0 Å². The summed E-state index contributed by atoms with van der Waals surface area (Å²) in [5, 5.41) is 13.0. The number of pyridine rings is 1. The second kappa shape index (κ2) is 14.4. The van der Waals surface area contributed by atoms with Crippen LogP contribution in [0.2, 0.25) is 0 Å². The summed E-state index contributed by atoms with van der Waals surface area (Å²) >= 11 is 0. The smallest absolute Gasteiger partial charge is 0.407 e. The number of carbonyl (C=O) groups is 3. The third kappa shape index (κ3) is 6.64. The van der Waals surface area contributed by atoms with Crippen molar-refractivity contribution >= 4 is 40.4 Å². The number of anilines is 2. The quantitative estimate of drug-likeness (QED) is 0.289. The predicted molar refractivity (Wildman–Crippen MR) is 212 cm³/mol. The van der Waals surface area contributed by atoms with Gasteiger partial charge in [-0.25, -0.2) is 14.8 Å². The highest BCUT2D eigenvalue weighted by atomic mass is 16.4. The van der Waals surface area contributed by atoms with Crippen LogP contribution in [-0.4, -0.2) is 134 Å². The van der Waals surface area contributed by atoms with Crippen LogP contribution in [0, 0.1) is 0 Å². The number of nitrogens with zero attached hydrogens (tertiary/aromatic N) is 8. The zero-order valence-electron chi connectivity index (χ0n) is 32.8. The summed E-state index contributed by atoms with van der Waals surface area (Å²) in [6, 6.07) is 10.2. The SMILES string of the molecule is CC(C)n1cnc2cc(-c3ccc4c(c3)N([C@H]3C[C@@H](N5CCCCC5)C3)C(=O)C43CCN(CC(=O)N(C)C4CCN(C(=O)O)CC4)CC3)nc(NC3CC3)c21. The average Bonchev–Trinajstić information content (AvgIpc) is 3.84. The first-order chi connectivity index (χ1) is 26.6. The van der Waals surface area contributed by atoms with E-state index in [1.54, 1.807) is 0 Å². The molecule has 55 heavy (non-hydrogen) atoms. The van der Waals surface area contributed by atoms with Crippen molar-refractivity contribution in [2.24, 2.45) is 0 Å². The van der Waals surface area contributed by atoms with E-state index in [0.29, 0.717) is 70.5 Å². The highest BCUT2D eigenvalue weighted by Gasteiger charge is 2.55. The van der Waals surface area contributed by atoms with Crippen molar-refractivity contribution in [2.75, 3.05) is 63.1 Å². The zero-order valence-corrected chi connectivity index (χ0v) is 32.8. The lowest BCUT2D eigenvalue weighted by Crippen LogP contribution is -2.58. The van der Waals surface area contributed by atoms with E-state index in [4.69, 9.17) is 9.97 Å². The van der Waals surface area contributed by atoms with Crippen LogP contribution in [0.1, 0.15) is 96.1 Å². The van der Waals surface area contributed by atoms with E-state index < -0.39 is 11.5 Å². The summed E-state index contributed by atoms with van der Waals surface area (Å²) in [6.45, 7) is 9.24. The number of hydrogen-bond donors (Lipinski definition) is 2. The van der Waals surface area contributed by atoms with Crippen LogP contribution in [-0.2, 0) is 15.0 Å². The molecule has 6 aliphatic rings. The minimum Gasteiger partial charge on any atom is -0.465 e. The van der Waals surface area contributed by atoms with Crippen molar-refractivity contribution in [1.29, 1.82) is 0 Å². The fraction of sp³-hybridized carbons (Fsp3) is 0.643. The number of nitrogens with one attached hydrogen (secondary N) is 1. The van der Waals surface area contributed by atoms with Crippen LogP contribution in [0.3, 0.4) is 0 Å². The van der Waals surface area contributed by atoms with Gasteiger partial charge in [0.05, 0.1) is 29.5 Å². The number of rotatable bonds is 9. The number of aromatic nitrogens is 3. The fourth-order valence-electron chi connectivity index (χ4n) is 10.1. The van der Waals surface area contributed by atoms with Gasteiger partial charge in [-0.05, 0) is 109 Å². The molecule has 0 radical (unpaired) electrons. The molecule has 294 valence electrons. The number of carbonyl (C=O) groups excluding carboxylic acids is 2. The Morgan fingerprint density at radius 2 is 1.69 bits per heavy atom. The molecule has 0 unspecified atom stereocenters. The summed E-state index contributed by atoms with van der Waals surface area (Å²) in [7, 11) is 1.85. The van der Waals surface area contributed by atoms with E-state index in [-0.39, 0.29) is 29.9 Å². The molecule has 3 aromatic rings. The van der Waals surface area contributed by atoms with Gasteiger partial charge in [0.2, 0.25) is 11.8 Å².